The number of hydrogen-bond acceptors (Lipinski definition) is 1. The highest BCUT2D eigenvalue weighted by Gasteiger charge is 2.35. The zero-order valence-corrected chi connectivity index (χ0v) is 11.5. The maximum atomic E-state index is 13.2. The molecule has 2 nitrogen and oxygen atoms in total. The first-order valence-electron chi connectivity index (χ1n) is 7.01. The van der Waals surface area contributed by atoms with Crippen LogP contribution >= 0.6 is 0 Å². The van der Waals surface area contributed by atoms with Crippen molar-refractivity contribution >= 4 is 5.97 Å². The van der Waals surface area contributed by atoms with Crippen molar-refractivity contribution in [1.29, 1.82) is 0 Å². The highest BCUT2D eigenvalue weighted by molar-refractivity contribution is 5.71. The quantitative estimate of drug-likeness (QED) is 0.891. The monoisotopic (exact) mass is 264 g/mol. The van der Waals surface area contributed by atoms with Crippen LogP contribution < -0.4 is 0 Å². The number of rotatable bonds is 3. The molecule has 1 saturated carbocycles. The summed E-state index contributed by atoms with van der Waals surface area (Å²) in [5.41, 5.74) is 1.87. The van der Waals surface area contributed by atoms with Crippen LogP contribution in [0.5, 0.6) is 0 Å². The Balaban J connectivity index is 2.33. The van der Waals surface area contributed by atoms with Gasteiger partial charge in [-0.05, 0) is 61.3 Å². The van der Waals surface area contributed by atoms with E-state index in [1.54, 1.807) is 6.07 Å². The predicted octanol–water partition coefficient (Wildman–Crippen LogP) is 4.13. The van der Waals surface area contributed by atoms with Crippen LogP contribution in [0.4, 0.5) is 4.39 Å². The van der Waals surface area contributed by atoms with Gasteiger partial charge in [0, 0.05) is 0 Å². The summed E-state index contributed by atoms with van der Waals surface area (Å²) >= 11 is 0. The van der Waals surface area contributed by atoms with Gasteiger partial charge >= 0.3 is 5.97 Å². The number of carboxylic acids is 1. The zero-order chi connectivity index (χ0) is 14.0. The maximum absolute atomic E-state index is 13.2. The molecule has 2 rings (SSSR count). The van der Waals surface area contributed by atoms with Crippen molar-refractivity contribution in [3.63, 3.8) is 0 Å². The second-order valence-corrected chi connectivity index (χ2v) is 5.64. The average Bonchev–Trinajstić information content (AvgIpc) is 2.38. The Bertz CT molecular complexity index is 470. The van der Waals surface area contributed by atoms with Gasteiger partial charge in [0.25, 0.3) is 0 Å². The largest absolute Gasteiger partial charge is 0.481 e. The number of benzene rings is 1. The topological polar surface area (TPSA) is 37.3 Å². The lowest BCUT2D eigenvalue weighted by Gasteiger charge is -2.34. The van der Waals surface area contributed by atoms with Crippen molar-refractivity contribution in [2.75, 3.05) is 0 Å². The van der Waals surface area contributed by atoms with E-state index in [0.717, 1.165) is 36.8 Å². The summed E-state index contributed by atoms with van der Waals surface area (Å²) in [7, 11) is 0. The Morgan fingerprint density at radius 1 is 1.42 bits per heavy atom. The number of carboxylic acid groups (broad SMARTS) is 1. The molecule has 0 amide bonds. The van der Waals surface area contributed by atoms with Gasteiger partial charge in [-0.15, -0.1) is 0 Å². The Morgan fingerprint density at radius 3 is 2.74 bits per heavy atom. The molecule has 1 N–H and O–H groups in total. The molecule has 1 fully saturated rings. The lowest BCUT2D eigenvalue weighted by atomic mass is 9.69. The van der Waals surface area contributed by atoms with E-state index >= 15 is 0 Å². The van der Waals surface area contributed by atoms with Crippen molar-refractivity contribution in [2.45, 2.75) is 45.4 Å². The lowest BCUT2D eigenvalue weighted by Crippen LogP contribution is -2.29. The predicted molar refractivity (Wildman–Crippen MR) is 72.6 cm³/mol. The fraction of sp³-hybridized carbons (Fsp3) is 0.562. The van der Waals surface area contributed by atoms with Crippen molar-refractivity contribution < 1.29 is 14.3 Å². The van der Waals surface area contributed by atoms with Gasteiger partial charge in [0.15, 0.2) is 0 Å². The Hall–Kier alpha value is -1.38. The molecule has 0 spiro atoms. The van der Waals surface area contributed by atoms with E-state index < -0.39 is 5.97 Å². The minimum absolute atomic E-state index is 0.0248. The molecule has 3 heteroatoms. The van der Waals surface area contributed by atoms with Crippen LogP contribution in [-0.2, 0) is 4.79 Å². The third-order valence-electron chi connectivity index (χ3n) is 4.48. The van der Waals surface area contributed by atoms with Crippen molar-refractivity contribution in [3.8, 4) is 0 Å². The normalized spacial score (nSPS) is 27.2. The Kier molecular flexibility index (Phi) is 4.23. The van der Waals surface area contributed by atoms with Crippen LogP contribution in [0, 0.1) is 24.6 Å². The molecular formula is C16H21FO2. The lowest BCUT2D eigenvalue weighted by molar-refractivity contribution is -0.143. The van der Waals surface area contributed by atoms with E-state index in [4.69, 9.17) is 0 Å². The van der Waals surface area contributed by atoms with Gasteiger partial charge in [-0.25, -0.2) is 4.39 Å². The SMILES string of the molecule is CCC1CCC(C(=O)O)C(c2ccc(F)cc2C)C1. The van der Waals surface area contributed by atoms with Crippen LogP contribution in [0.3, 0.4) is 0 Å². The van der Waals surface area contributed by atoms with Crippen molar-refractivity contribution in [3.05, 3.63) is 35.1 Å². The van der Waals surface area contributed by atoms with E-state index in [9.17, 15) is 14.3 Å². The zero-order valence-electron chi connectivity index (χ0n) is 11.5. The van der Waals surface area contributed by atoms with Crippen LogP contribution in [0.15, 0.2) is 18.2 Å². The van der Waals surface area contributed by atoms with Gasteiger partial charge in [0.2, 0.25) is 0 Å². The van der Waals surface area contributed by atoms with E-state index in [1.165, 1.54) is 12.1 Å². The summed E-state index contributed by atoms with van der Waals surface area (Å²) in [6.07, 6.45) is 3.71. The molecule has 1 aromatic carbocycles. The van der Waals surface area contributed by atoms with Crippen LogP contribution in [0.1, 0.15) is 49.7 Å². The van der Waals surface area contributed by atoms with Crippen LogP contribution in [-0.4, -0.2) is 11.1 Å². The molecule has 104 valence electrons. The molecule has 0 aliphatic heterocycles. The van der Waals surface area contributed by atoms with E-state index in [1.807, 2.05) is 6.92 Å². The standard InChI is InChI=1S/C16H21FO2/c1-3-11-4-6-14(16(18)19)15(9-11)13-7-5-12(17)8-10(13)2/h5,7-8,11,14-15H,3-4,6,9H2,1-2H3,(H,18,19). The van der Waals surface area contributed by atoms with Gasteiger partial charge in [0.1, 0.15) is 5.82 Å². The molecule has 1 aromatic rings. The summed E-state index contributed by atoms with van der Waals surface area (Å²) in [5, 5.41) is 9.40. The highest BCUT2D eigenvalue weighted by atomic mass is 19.1. The summed E-state index contributed by atoms with van der Waals surface area (Å²) in [4.78, 5) is 11.4. The first-order valence-corrected chi connectivity index (χ1v) is 7.01. The molecule has 19 heavy (non-hydrogen) atoms. The summed E-state index contributed by atoms with van der Waals surface area (Å²) < 4.78 is 13.2. The van der Waals surface area contributed by atoms with Gasteiger partial charge < -0.3 is 5.11 Å². The first kappa shape index (κ1) is 14.0. The van der Waals surface area contributed by atoms with E-state index in [2.05, 4.69) is 6.92 Å². The Labute approximate surface area is 113 Å². The molecule has 0 radical (unpaired) electrons. The number of carbonyl (C=O) groups is 1. The molecule has 1 aliphatic rings. The minimum atomic E-state index is -0.719. The molecule has 0 saturated heterocycles. The van der Waals surface area contributed by atoms with Gasteiger partial charge in [-0.3, -0.25) is 4.79 Å². The molecule has 1 aliphatic carbocycles. The number of halogens is 1. The summed E-state index contributed by atoms with van der Waals surface area (Å²) in [5.74, 6) is -0.687. The average molecular weight is 264 g/mol. The second kappa shape index (κ2) is 5.72. The van der Waals surface area contributed by atoms with Crippen LogP contribution in [0.2, 0.25) is 0 Å². The first-order chi connectivity index (χ1) is 9.02. The summed E-state index contributed by atoms with van der Waals surface area (Å²) in [6.45, 7) is 4.02. The van der Waals surface area contributed by atoms with Crippen molar-refractivity contribution in [1.82, 2.24) is 0 Å². The third kappa shape index (κ3) is 2.96. The number of aliphatic carboxylic acids is 1. The highest BCUT2D eigenvalue weighted by Crippen LogP contribution is 2.42. The fourth-order valence-corrected chi connectivity index (χ4v) is 3.32. The molecule has 3 unspecified atom stereocenters. The molecule has 0 heterocycles. The fourth-order valence-electron chi connectivity index (χ4n) is 3.32. The minimum Gasteiger partial charge on any atom is -0.481 e. The smallest absolute Gasteiger partial charge is 0.307 e. The van der Waals surface area contributed by atoms with E-state index in [0.29, 0.717) is 5.92 Å². The van der Waals surface area contributed by atoms with Crippen molar-refractivity contribution in [2.24, 2.45) is 11.8 Å². The van der Waals surface area contributed by atoms with E-state index in [-0.39, 0.29) is 17.7 Å². The number of aryl methyl sites for hydroxylation is 1. The molecule has 0 aromatic heterocycles. The van der Waals surface area contributed by atoms with Gasteiger partial charge in [0.05, 0.1) is 5.92 Å². The van der Waals surface area contributed by atoms with Crippen LogP contribution in [0.25, 0.3) is 0 Å². The van der Waals surface area contributed by atoms with Gasteiger partial charge in [-0.1, -0.05) is 19.4 Å². The second-order valence-electron chi connectivity index (χ2n) is 5.64. The molecular weight excluding hydrogens is 243 g/mol. The summed E-state index contributed by atoms with van der Waals surface area (Å²) in [6, 6.07) is 4.71. The van der Waals surface area contributed by atoms with Gasteiger partial charge in [-0.2, -0.15) is 0 Å². The Morgan fingerprint density at radius 2 is 2.16 bits per heavy atom. The maximum Gasteiger partial charge on any atom is 0.307 e. The third-order valence-corrected chi connectivity index (χ3v) is 4.48. The number of hydrogen-bond donors (Lipinski definition) is 1. The molecule has 0 bridgehead atoms. The molecule has 3 atom stereocenters.